The zero-order chi connectivity index (χ0) is 16.2. The average molecular weight is 321 g/mol. The van der Waals surface area contributed by atoms with Gasteiger partial charge in [0.05, 0.1) is 23.5 Å². The molecule has 2 aromatic carbocycles. The van der Waals surface area contributed by atoms with E-state index in [1.54, 1.807) is 30.3 Å². The standard InChI is InChI=1S/C15H15NO5S/c1-21-15-8-7-14(16(17)18)9-13(15)11-22(19,20)10-12-5-3-2-4-6-12/h2-9H,10-11H2,1H3. The number of nitro benzene ring substituents is 1. The zero-order valence-electron chi connectivity index (χ0n) is 11.9. The van der Waals surface area contributed by atoms with Gasteiger partial charge in [-0.2, -0.15) is 0 Å². The summed E-state index contributed by atoms with van der Waals surface area (Å²) in [7, 11) is -2.07. The SMILES string of the molecule is COc1ccc([N+](=O)[O-])cc1CS(=O)(=O)Cc1ccccc1. The van der Waals surface area contributed by atoms with Crippen molar-refractivity contribution in [3.05, 3.63) is 69.8 Å². The van der Waals surface area contributed by atoms with E-state index in [-0.39, 0.29) is 22.8 Å². The minimum Gasteiger partial charge on any atom is -0.496 e. The van der Waals surface area contributed by atoms with Crippen LogP contribution in [0, 0.1) is 10.1 Å². The summed E-state index contributed by atoms with van der Waals surface area (Å²) >= 11 is 0. The van der Waals surface area contributed by atoms with Crippen molar-refractivity contribution in [2.75, 3.05) is 7.11 Å². The van der Waals surface area contributed by atoms with Gasteiger partial charge in [0.15, 0.2) is 9.84 Å². The Morgan fingerprint density at radius 1 is 1.09 bits per heavy atom. The molecule has 6 nitrogen and oxygen atoms in total. The molecule has 116 valence electrons. The van der Waals surface area contributed by atoms with Crippen LogP contribution in [0.4, 0.5) is 5.69 Å². The Morgan fingerprint density at radius 2 is 1.77 bits per heavy atom. The smallest absolute Gasteiger partial charge is 0.270 e. The Bertz CT molecular complexity index is 772. The third-order valence-electron chi connectivity index (χ3n) is 3.08. The van der Waals surface area contributed by atoms with Gasteiger partial charge in [0.2, 0.25) is 0 Å². The lowest BCUT2D eigenvalue weighted by atomic mass is 10.2. The van der Waals surface area contributed by atoms with E-state index in [0.29, 0.717) is 11.3 Å². The van der Waals surface area contributed by atoms with Crippen LogP contribution in [0.1, 0.15) is 11.1 Å². The monoisotopic (exact) mass is 321 g/mol. The van der Waals surface area contributed by atoms with Crippen molar-refractivity contribution in [2.24, 2.45) is 0 Å². The first-order valence-corrected chi connectivity index (χ1v) is 8.29. The summed E-state index contributed by atoms with van der Waals surface area (Å²) in [6, 6.07) is 12.7. The molecule has 0 N–H and O–H groups in total. The molecular weight excluding hydrogens is 306 g/mol. The van der Waals surface area contributed by atoms with Crippen LogP contribution in [0.5, 0.6) is 5.75 Å². The third kappa shape index (κ3) is 4.05. The number of sulfone groups is 1. The highest BCUT2D eigenvalue weighted by Gasteiger charge is 2.19. The summed E-state index contributed by atoms with van der Waals surface area (Å²) in [6.45, 7) is 0. The molecule has 2 aromatic rings. The molecule has 0 aliphatic rings. The van der Waals surface area contributed by atoms with E-state index in [9.17, 15) is 18.5 Å². The van der Waals surface area contributed by atoms with Crippen LogP contribution in [0.25, 0.3) is 0 Å². The number of hydrogen-bond acceptors (Lipinski definition) is 5. The van der Waals surface area contributed by atoms with Crippen molar-refractivity contribution in [2.45, 2.75) is 11.5 Å². The maximum absolute atomic E-state index is 12.3. The van der Waals surface area contributed by atoms with Gasteiger partial charge < -0.3 is 4.74 Å². The van der Waals surface area contributed by atoms with Crippen LogP contribution >= 0.6 is 0 Å². The van der Waals surface area contributed by atoms with E-state index in [4.69, 9.17) is 4.74 Å². The lowest BCUT2D eigenvalue weighted by Gasteiger charge is -2.09. The van der Waals surface area contributed by atoms with Crippen molar-refractivity contribution in [1.29, 1.82) is 0 Å². The van der Waals surface area contributed by atoms with Crippen LogP contribution in [-0.2, 0) is 21.3 Å². The first kappa shape index (κ1) is 16.0. The average Bonchev–Trinajstić information content (AvgIpc) is 2.47. The number of methoxy groups -OCH3 is 1. The number of benzene rings is 2. The molecule has 0 aliphatic heterocycles. The molecule has 0 radical (unpaired) electrons. The van der Waals surface area contributed by atoms with Gasteiger partial charge in [0.25, 0.3) is 5.69 Å². The molecule has 0 amide bonds. The first-order chi connectivity index (χ1) is 10.4. The maximum Gasteiger partial charge on any atom is 0.270 e. The molecule has 0 aromatic heterocycles. The number of hydrogen-bond donors (Lipinski definition) is 0. The molecule has 2 rings (SSSR count). The molecule has 0 saturated carbocycles. The van der Waals surface area contributed by atoms with Crippen LogP contribution in [0.3, 0.4) is 0 Å². The quantitative estimate of drug-likeness (QED) is 0.603. The number of non-ortho nitro benzene ring substituents is 1. The highest BCUT2D eigenvalue weighted by atomic mass is 32.2. The van der Waals surface area contributed by atoms with Crippen LogP contribution in [-0.4, -0.2) is 20.5 Å². The van der Waals surface area contributed by atoms with E-state index in [2.05, 4.69) is 0 Å². The fraction of sp³-hybridized carbons (Fsp3) is 0.200. The number of rotatable bonds is 6. The van der Waals surface area contributed by atoms with Gasteiger partial charge in [0, 0.05) is 17.7 Å². The van der Waals surface area contributed by atoms with Gasteiger partial charge in [-0.3, -0.25) is 10.1 Å². The Labute approximate surface area is 128 Å². The van der Waals surface area contributed by atoms with E-state index < -0.39 is 14.8 Å². The summed E-state index contributed by atoms with van der Waals surface area (Å²) in [6.07, 6.45) is 0. The predicted octanol–water partition coefficient (Wildman–Crippen LogP) is 2.72. The van der Waals surface area contributed by atoms with Crippen molar-refractivity contribution >= 4 is 15.5 Å². The van der Waals surface area contributed by atoms with Crippen LogP contribution in [0.15, 0.2) is 48.5 Å². The van der Waals surface area contributed by atoms with Crippen LogP contribution in [0.2, 0.25) is 0 Å². The van der Waals surface area contributed by atoms with Gasteiger partial charge in [0.1, 0.15) is 5.75 Å². The second kappa shape index (κ2) is 6.57. The van der Waals surface area contributed by atoms with E-state index in [1.807, 2.05) is 0 Å². The number of nitrogens with zero attached hydrogens (tertiary/aromatic N) is 1. The molecule has 0 spiro atoms. The molecule has 0 heterocycles. The van der Waals surface area contributed by atoms with E-state index in [0.717, 1.165) is 0 Å². The Kier molecular flexibility index (Phi) is 4.77. The first-order valence-electron chi connectivity index (χ1n) is 6.47. The van der Waals surface area contributed by atoms with Crippen molar-refractivity contribution in [3.63, 3.8) is 0 Å². The van der Waals surface area contributed by atoms with Gasteiger partial charge >= 0.3 is 0 Å². The molecule has 0 saturated heterocycles. The van der Waals surface area contributed by atoms with E-state index >= 15 is 0 Å². The molecule has 0 aliphatic carbocycles. The van der Waals surface area contributed by atoms with Crippen molar-refractivity contribution < 1.29 is 18.1 Å². The molecule has 0 fully saturated rings. The maximum atomic E-state index is 12.3. The van der Waals surface area contributed by atoms with E-state index in [1.165, 1.54) is 25.3 Å². The fourth-order valence-electron chi connectivity index (χ4n) is 2.11. The topological polar surface area (TPSA) is 86.5 Å². The van der Waals surface area contributed by atoms with Gasteiger partial charge in [-0.05, 0) is 11.6 Å². The summed E-state index contributed by atoms with van der Waals surface area (Å²) < 4.78 is 29.7. The second-order valence-corrected chi connectivity index (χ2v) is 6.84. The summed E-state index contributed by atoms with van der Waals surface area (Å²) in [5, 5.41) is 10.8. The third-order valence-corrected chi connectivity index (χ3v) is 4.60. The highest BCUT2D eigenvalue weighted by molar-refractivity contribution is 7.89. The van der Waals surface area contributed by atoms with Gasteiger partial charge in [-0.1, -0.05) is 30.3 Å². The molecule has 0 atom stereocenters. The minimum atomic E-state index is -3.47. The Morgan fingerprint density at radius 3 is 2.36 bits per heavy atom. The molecule has 7 heteroatoms. The molecule has 0 unspecified atom stereocenters. The normalized spacial score (nSPS) is 11.1. The van der Waals surface area contributed by atoms with Crippen molar-refractivity contribution in [3.8, 4) is 5.75 Å². The fourth-order valence-corrected chi connectivity index (χ4v) is 3.61. The molecular formula is C15H15NO5S. The Hall–Kier alpha value is -2.41. The zero-order valence-corrected chi connectivity index (χ0v) is 12.7. The Balaban J connectivity index is 2.28. The van der Waals surface area contributed by atoms with Crippen molar-refractivity contribution in [1.82, 2.24) is 0 Å². The van der Waals surface area contributed by atoms with Gasteiger partial charge in [-0.25, -0.2) is 8.42 Å². The summed E-state index contributed by atoms with van der Waals surface area (Å²) in [5.41, 5.74) is 0.797. The lowest BCUT2D eigenvalue weighted by molar-refractivity contribution is -0.384. The lowest BCUT2D eigenvalue weighted by Crippen LogP contribution is -2.09. The predicted molar refractivity (Wildman–Crippen MR) is 82.4 cm³/mol. The number of nitro groups is 1. The molecule has 22 heavy (non-hydrogen) atoms. The minimum absolute atomic E-state index is 0.125. The highest BCUT2D eigenvalue weighted by Crippen LogP contribution is 2.26. The van der Waals surface area contributed by atoms with Crippen LogP contribution < -0.4 is 4.74 Å². The number of ether oxygens (including phenoxy) is 1. The van der Waals surface area contributed by atoms with Gasteiger partial charge in [-0.15, -0.1) is 0 Å². The largest absolute Gasteiger partial charge is 0.496 e. The second-order valence-electron chi connectivity index (χ2n) is 4.77. The molecule has 0 bridgehead atoms. The summed E-state index contributed by atoms with van der Waals surface area (Å²) in [4.78, 5) is 10.3. The summed E-state index contributed by atoms with van der Waals surface area (Å²) in [5.74, 6) is -0.117.